The average molecular weight is 289 g/mol. The van der Waals surface area contributed by atoms with Crippen LogP contribution in [0, 0.1) is 12.8 Å². The van der Waals surface area contributed by atoms with Crippen molar-refractivity contribution in [1.29, 1.82) is 0 Å². The van der Waals surface area contributed by atoms with Crippen LogP contribution in [0.4, 0.5) is 5.95 Å². The molecule has 2 aliphatic rings. The number of rotatable bonds is 3. The molecule has 0 amide bonds. The van der Waals surface area contributed by atoms with E-state index in [1.165, 1.54) is 45.6 Å². The number of aryl methyl sites for hydroxylation is 1. The van der Waals surface area contributed by atoms with E-state index in [0.29, 0.717) is 0 Å². The summed E-state index contributed by atoms with van der Waals surface area (Å²) < 4.78 is 0. The van der Waals surface area contributed by atoms with E-state index in [1.54, 1.807) is 0 Å². The van der Waals surface area contributed by atoms with Gasteiger partial charge in [-0.15, -0.1) is 0 Å². The van der Waals surface area contributed by atoms with Crippen LogP contribution >= 0.6 is 0 Å². The zero-order valence-corrected chi connectivity index (χ0v) is 13.3. The summed E-state index contributed by atoms with van der Waals surface area (Å²) in [7, 11) is 2.22. The van der Waals surface area contributed by atoms with Gasteiger partial charge in [-0.05, 0) is 38.3 Å². The quantitative estimate of drug-likeness (QED) is 0.837. The van der Waals surface area contributed by atoms with Crippen molar-refractivity contribution in [3.05, 3.63) is 18.0 Å². The normalized spacial score (nSPS) is 22.7. The molecular weight excluding hydrogens is 262 g/mol. The Morgan fingerprint density at radius 3 is 2.24 bits per heavy atom. The predicted octanol–water partition coefficient (Wildman–Crippen LogP) is 1.25. The second-order valence-corrected chi connectivity index (χ2v) is 6.59. The number of hydrogen-bond acceptors (Lipinski definition) is 5. The van der Waals surface area contributed by atoms with Gasteiger partial charge in [0.1, 0.15) is 0 Å². The summed E-state index contributed by atoms with van der Waals surface area (Å²) in [5, 5.41) is 0. The van der Waals surface area contributed by atoms with E-state index in [0.717, 1.165) is 30.5 Å². The molecule has 3 rings (SSSR count). The maximum absolute atomic E-state index is 4.45. The van der Waals surface area contributed by atoms with Crippen LogP contribution in [0.5, 0.6) is 0 Å². The van der Waals surface area contributed by atoms with Crippen molar-refractivity contribution in [2.75, 3.05) is 57.8 Å². The van der Waals surface area contributed by atoms with Crippen LogP contribution in [0.15, 0.2) is 12.4 Å². The molecule has 1 aromatic heterocycles. The summed E-state index contributed by atoms with van der Waals surface area (Å²) in [6, 6.07) is 0. The Kier molecular flexibility index (Phi) is 4.70. The summed E-state index contributed by atoms with van der Waals surface area (Å²) >= 11 is 0. The molecule has 0 aromatic carbocycles. The molecule has 2 saturated heterocycles. The highest BCUT2D eigenvalue weighted by Crippen LogP contribution is 2.21. The molecule has 0 atom stereocenters. The zero-order chi connectivity index (χ0) is 14.7. The number of anilines is 1. The van der Waals surface area contributed by atoms with E-state index in [4.69, 9.17) is 0 Å². The summed E-state index contributed by atoms with van der Waals surface area (Å²) in [4.78, 5) is 16.3. The average Bonchev–Trinajstić information content (AvgIpc) is 2.51. The van der Waals surface area contributed by atoms with Gasteiger partial charge in [0.15, 0.2) is 0 Å². The van der Waals surface area contributed by atoms with E-state index in [-0.39, 0.29) is 0 Å². The van der Waals surface area contributed by atoms with Gasteiger partial charge >= 0.3 is 0 Å². The van der Waals surface area contributed by atoms with Crippen LogP contribution in [0.2, 0.25) is 0 Å². The molecule has 3 heterocycles. The van der Waals surface area contributed by atoms with Gasteiger partial charge in [-0.25, -0.2) is 9.97 Å². The Balaban J connectivity index is 1.45. The molecule has 0 radical (unpaired) electrons. The fourth-order valence-electron chi connectivity index (χ4n) is 3.26. The molecule has 21 heavy (non-hydrogen) atoms. The maximum atomic E-state index is 4.45. The molecule has 116 valence electrons. The lowest BCUT2D eigenvalue weighted by atomic mass is 9.96. The Morgan fingerprint density at radius 2 is 1.62 bits per heavy atom. The molecule has 2 aliphatic heterocycles. The first kappa shape index (κ1) is 14.7. The number of piperidine rings is 1. The first-order chi connectivity index (χ1) is 10.2. The van der Waals surface area contributed by atoms with Crippen LogP contribution < -0.4 is 4.90 Å². The van der Waals surface area contributed by atoms with Crippen molar-refractivity contribution >= 4 is 5.95 Å². The van der Waals surface area contributed by atoms with Crippen LogP contribution in [0.25, 0.3) is 0 Å². The highest BCUT2D eigenvalue weighted by Gasteiger charge is 2.24. The van der Waals surface area contributed by atoms with Gasteiger partial charge in [-0.1, -0.05) is 0 Å². The number of aromatic nitrogens is 2. The van der Waals surface area contributed by atoms with Gasteiger partial charge < -0.3 is 14.7 Å². The third-order valence-electron chi connectivity index (χ3n) is 4.78. The first-order valence-electron chi connectivity index (χ1n) is 8.15. The van der Waals surface area contributed by atoms with Crippen LogP contribution in [-0.2, 0) is 0 Å². The zero-order valence-electron chi connectivity index (χ0n) is 13.3. The molecular formula is C16H27N5. The molecule has 5 nitrogen and oxygen atoms in total. The van der Waals surface area contributed by atoms with Gasteiger partial charge in [0.2, 0.25) is 5.95 Å². The molecule has 2 fully saturated rings. The SMILES string of the molecule is Cc1cnc(N2CCC(CN3CCN(C)CC3)CC2)nc1. The molecule has 1 aromatic rings. The smallest absolute Gasteiger partial charge is 0.225 e. The van der Waals surface area contributed by atoms with E-state index < -0.39 is 0 Å². The predicted molar refractivity (Wildman–Crippen MR) is 85.6 cm³/mol. The maximum Gasteiger partial charge on any atom is 0.225 e. The largest absolute Gasteiger partial charge is 0.341 e. The Hall–Kier alpha value is -1.20. The number of hydrogen-bond donors (Lipinski definition) is 0. The highest BCUT2D eigenvalue weighted by atomic mass is 15.3. The first-order valence-corrected chi connectivity index (χ1v) is 8.15. The van der Waals surface area contributed by atoms with Crippen LogP contribution in [-0.4, -0.2) is 72.6 Å². The molecule has 0 spiro atoms. The fraction of sp³-hybridized carbons (Fsp3) is 0.750. The standard InChI is InChI=1S/C16H27N5/c1-14-11-17-16(18-12-14)21-5-3-15(4-6-21)13-20-9-7-19(2)8-10-20/h11-12,15H,3-10,13H2,1-2H3. The second kappa shape index (κ2) is 6.71. The topological polar surface area (TPSA) is 35.5 Å². The van der Waals surface area contributed by atoms with Crippen molar-refractivity contribution in [3.8, 4) is 0 Å². The Morgan fingerprint density at radius 1 is 1.00 bits per heavy atom. The summed E-state index contributed by atoms with van der Waals surface area (Å²) in [5.41, 5.74) is 1.13. The van der Waals surface area contributed by atoms with Crippen molar-refractivity contribution < 1.29 is 0 Å². The molecule has 0 saturated carbocycles. The second-order valence-electron chi connectivity index (χ2n) is 6.59. The van der Waals surface area contributed by atoms with Crippen LogP contribution in [0.3, 0.4) is 0 Å². The van der Waals surface area contributed by atoms with E-state index >= 15 is 0 Å². The number of nitrogens with zero attached hydrogens (tertiary/aromatic N) is 5. The van der Waals surface area contributed by atoms with Gasteiger partial charge in [0.25, 0.3) is 0 Å². The van der Waals surface area contributed by atoms with E-state index in [1.807, 2.05) is 19.3 Å². The third kappa shape index (κ3) is 3.92. The van der Waals surface area contributed by atoms with Gasteiger partial charge in [0, 0.05) is 58.2 Å². The molecule has 0 aliphatic carbocycles. The highest BCUT2D eigenvalue weighted by molar-refractivity contribution is 5.30. The van der Waals surface area contributed by atoms with Crippen molar-refractivity contribution in [2.24, 2.45) is 5.92 Å². The molecule has 0 unspecified atom stereocenters. The van der Waals surface area contributed by atoms with E-state index in [2.05, 4.69) is 31.7 Å². The van der Waals surface area contributed by atoms with Crippen LogP contribution in [0.1, 0.15) is 18.4 Å². The van der Waals surface area contributed by atoms with Gasteiger partial charge in [-0.3, -0.25) is 0 Å². The minimum Gasteiger partial charge on any atom is -0.341 e. The number of piperazine rings is 1. The summed E-state index contributed by atoms with van der Waals surface area (Å²) in [5.74, 6) is 1.74. The Labute approximate surface area is 128 Å². The summed E-state index contributed by atoms with van der Waals surface area (Å²) in [6.07, 6.45) is 6.37. The molecule has 0 bridgehead atoms. The summed E-state index contributed by atoms with van der Waals surface area (Å²) in [6.45, 7) is 10.4. The van der Waals surface area contributed by atoms with E-state index in [9.17, 15) is 0 Å². The molecule has 0 N–H and O–H groups in total. The Bertz CT molecular complexity index is 430. The van der Waals surface area contributed by atoms with Gasteiger partial charge in [0.05, 0.1) is 0 Å². The fourth-order valence-corrected chi connectivity index (χ4v) is 3.26. The lowest BCUT2D eigenvalue weighted by Gasteiger charge is -2.37. The minimum atomic E-state index is 0.843. The monoisotopic (exact) mass is 289 g/mol. The van der Waals surface area contributed by atoms with Crippen molar-refractivity contribution in [2.45, 2.75) is 19.8 Å². The third-order valence-corrected chi connectivity index (χ3v) is 4.78. The number of likely N-dealkylation sites (N-methyl/N-ethyl adjacent to an activating group) is 1. The lowest BCUT2D eigenvalue weighted by molar-refractivity contribution is 0.129. The minimum absolute atomic E-state index is 0.843. The lowest BCUT2D eigenvalue weighted by Crippen LogP contribution is -2.47. The molecule has 5 heteroatoms. The van der Waals surface area contributed by atoms with Crippen molar-refractivity contribution in [1.82, 2.24) is 19.8 Å². The van der Waals surface area contributed by atoms with Crippen molar-refractivity contribution in [3.63, 3.8) is 0 Å². The van der Waals surface area contributed by atoms with Gasteiger partial charge in [-0.2, -0.15) is 0 Å².